The standard InChI is InChI=1S/C13H19F2N3O2/c1-4-6-16-11-9(14)7-10(15)12(18-11)17-8(3)13(19)20-5-2/h7-8H,4-6H2,1-3H3,(H2,16,17,18). The molecule has 5 nitrogen and oxygen atoms in total. The van der Waals surface area contributed by atoms with Gasteiger partial charge in [-0.1, -0.05) is 6.92 Å². The third kappa shape index (κ3) is 4.32. The van der Waals surface area contributed by atoms with Gasteiger partial charge in [-0.05, 0) is 20.3 Å². The van der Waals surface area contributed by atoms with Crippen LogP contribution in [0.3, 0.4) is 0 Å². The van der Waals surface area contributed by atoms with Crippen LogP contribution in [0, 0.1) is 11.6 Å². The molecule has 0 aliphatic heterocycles. The van der Waals surface area contributed by atoms with Crippen molar-refractivity contribution < 1.29 is 18.3 Å². The maximum Gasteiger partial charge on any atom is 0.328 e. The van der Waals surface area contributed by atoms with Crippen LogP contribution < -0.4 is 10.6 Å². The number of nitrogens with zero attached hydrogens (tertiary/aromatic N) is 1. The summed E-state index contributed by atoms with van der Waals surface area (Å²) in [6, 6.07) is -0.0491. The molecule has 0 aliphatic carbocycles. The van der Waals surface area contributed by atoms with E-state index in [-0.39, 0.29) is 18.2 Å². The molecule has 0 bridgehead atoms. The van der Waals surface area contributed by atoms with Gasteiger partial charge in [0.1, 0.15) is 6.04 Å². The van der Waals surface area contributed by atoms with Gasteiger partial charge in [0.25, 0.3) is 0 Å². The van der Waals surface area contributed by atoms with Gasteiger partial charge in [-0.2, -0.15) is 0 Å². The van der Waals surface area contributed by atoms with Gasteiger partial charge in [0.2, 0.25) is 0 Å². The fraction of sp³-hybridized carbons (Fsp3) is 0.538. The van der Waals surface area contributed by atoms with Crippen LogP contribution in [0.5, 0.6) is 0 Å². The average Bonchev–Trinajstić information content (AvgIpc) is 2.40. The summed E-state index contributed by atoms with van der Waals surface area (Å²) in [5, 5.41) is 5.32. The number of esters is 1. The van der Waals surface area contributed by atoms with E-state index in [2.05, 4.69) is 15.6 Å². The normalized spacial score (nSPS) is 11.8. The van der Waals surface area contributed by atoms with Crippen molar-refractivity contribution in [3.63, 3.8) is 0 Å². The first kappa shape index (κ1) is 16.1. The highest BCUT2D eigenvalue weighted by molar-refractivity contribution is 5.78. The predicted octanol–water partition coefficient (Wildman–Crippen LogP) is 2.55. The highest BCUT2D eigenvalue weighted by atomic mass is 19.1. The maximum atomic E-state index is 13.6. The molecule has 1 unspecified atom stereocenters. The minimum absolute atomic E-state index is 0.0493. The Morgan fingerprint density at radius 1 is 1.35 bits per heavy atom. The molecule has 0 radical (unpaired) electrons. The SMILES string of the molecule is CCCNc1nc(NC(C)C(=O)OCC)c(F)cc1F. The molecule has 0 spiro atoms. The first-order valence-electron chi connectivity index (χ1n) is 6.52. The smallest absolute Gasteiger partial charge is 0.328 e. The summed E-state index contributed by atoms with van der Waals surface area (Å²) in [4.78, 5) is 15.3. The van der Waals surface area contributed by atoms with E-state index in [1.54, 1.807) is 6.92 Å². The Balaban J connectivity index is 2.86. The molecule has 1 aromatic heterocycles. The van der Waals surface area contributed by atoms with E-state index >= 15 is 0 Å². The van der Waals surface area contributed by atoms with Gasteiger partial charge in [0, 0.05) is 12.6 Å². The Labute approximate surface area is 116 Å². The van der Waals surface area contributed by atoms with Crippen LogP contribution in [0.25, 0.3) is 0 Å². The topological polar surface area (TPSA) is 63.2 Å². The summed E-state index contributed by atoms with van der Waals surface area (Å²) in [5.74, 6) is -2.40. The van der Waals surface area contributed by atoms with E-state index < -0.39 is 23.6 Å². The molecule has 0 aromatic carbocycles. The molecular weight excluding hydrogens is 268 g/mol. The number of pyridine rings is 1. The molecule has 0 saturated carbocycles. The molecule has 0 fully saturated rings. The maximum absolute atomic E-state index is 13.6. The highest BCUT2D eigenvalue weighted by Crippen LogP contribution is 2.19. The van der Waals surface area contributed by atoms with E-state index in [0.29, 0.717) is 6.54 Å². The Morgan fingerprint density at radius 3 is 2.60 bits per heavy atom. The number of carbonyl (C=O) groups excluding carboxylic acids is 1. The van der Waals surface area contributed by atoms with Crippen molar-refractivity contribution in [2.75, 3.05) is 23.8 Å². The first-order chi connectivity index (χ1) is 9.49. The Morgan fingerprint density at radius 2 is 2.00 bits per heavy atom. The van der Waals surface area contributed by atoms with Crippen LogP contribution in [-0.2, 0) is 9.53 Å². The summed E-state index contributed by atoms with van der Waals surface area (Å²) in [7, 11) is 0. The van der Waals surface area contributed by atoms with Crippen molar-refractivity contribution >= 4 is 17.6 Å². The summed E-state index contributed by atoms with van der Waals surface area (Å²) in [6.07, 6.45) is 0.778. The van der Waals surface area contributed by atoms with Crippen LogP contribution in [0.4, 0.5) is 20.4 Å². The van der Waals surface area contributed by atoms with Crippen molar-refractivity contribution in [1.29, 1.82) is 0 Å². The summed E-state index contributed by atoms with van der Waals surface area (Å²) in [6.45, 7) is 5.85. The molecular formula is C13H19F2N3O2. The number of halogens is 2. The molecule has 0 amide bonds. The van der Waals surface area contributed by atoms with Crippen LogP contribution >= 0.6 is 0 Å². The summed E-state index contributed by atoms with van der Waals surface area (Å²) >= 11 is 0. The molecule has 1 heterocycles. The lowest BCUT2D eigenvalue weighted by molar-refractivity contribution is -0.143. The van der Waals surface area contributed by atoms with Crippen molar-refractivity contribution in [1.82, 2.24) is 4.98 Å². The zero-order chi connectivity index (χ0) is 15.1. The zero-order valence-corrected chi connectivity index (χ0v) is 11.8. The number of aromatic nitrogens is 1. The molecule has 0 aliphatic rings. The van der Waals surface area contributed by atoms with E-state index in [1.165, 1.54) is 6.92 Å². The van der Waals surface area contributed by atoms with Crippen molar-refractivity contribution in [3.05, 3.63) is 17.7 Å². The number of rotatable bonds is 7. The van der Waals surface area contributed by atoms with Gasteiger partial charge >= 0.3 is 5.97 Å². The van der Waals surface area contributed by atoms with Gasteiger partial charge in [0.15, 0.2) is 23.3 Å². The first-order valence-corrected chi connectivity index (χ1v) is 6.52. The fourth-order valence-corrected chi connectivity index (χ4v) is 1.47. The number of hydrogen-bond acceptors (Lipinski definition) is 5. The number of ether oxygens (including phenoxy) is 1. The third-order valence-corrected chi connectivity index (χ3v) is 2.47. The van der Waals surface area contributed by atoms with Gasteiger partial charge in [-0.15, -0.1) is 0 Å². The predicted molar refractivity (Wildman–Crippen MR) is 72.7 cm³/mol. The van der Waals surface area contributed by atoms with Crippen LogP contribution in [-0.4, -0.2) is 30.1 Å². The lowest BCUT2D eigenvalue weighted by Gasteiger charge is -2.15. The minimum Gasteiger partial charge on any atom is -0.464 e. The van der Waals surface area contributed by atoms with Gasteiger partial charge in [-0.25, -0.2) is 18.6 Å². The van der Waals surface area contributed by atoms with Gasteiger partial charge < -0.3 is 15.4 Å². The third-order valence-electron chi connectivity index (χ3n) is 2.47. The molecule has 7 heteroatoms. The van der Waals surface area contributed by atoms with E-state index in [9.17, 15) is 13.6 Å². The van der Waals surface area contributed by atoms with Crippen molar-refractivity contribution in [2.24, 2.45) is 0 Å². The average molecular weight is 287 g/mol. The zero-order valence-electron chi connectivity index (χ0n) is 11.8. The second-order valence-corrected chi connectivity index (χ2v) is 4.19. The molecule has 20 heavy (non-hydrogen) atoms. The number of nitrogens with one attached hydrogen (secondary N) is 2. The lowest BCUT2D eigenvalue weighted by Crippen LogP contribution is -2.29. The molecule has 1 atom stereocenters. The van der Waals surface area contributed by atoms with Crippen LogP contribution in [0.2, 0.25) is 0 Å². The van der Waals surface area contributed by atoms with Crippen LogP contribution in [0.1, 0.15) is 27.2 Å². The largest absolute Gasteiger partial charge is 0.464 e. The second-order valence-electron chi connectivity index (χ2n) is 4.19. The quantitative estimate of drug-likeness (QED) is 0.755. The molecule has 2 N–H and O–H groups in total. The molecule has 0 saturated heterocycles. The minimum atomic E-state index is -0.860. The Hall–Kier alpha value is -1.92. The summed E-state index contributed by atoms with van der Waals surface area (Å²) < 4.78 is 31.9. The van der Waals surface area contributed by atoms with Crippen LogP contribution in [0.15, 0.2) is 6.07 Å². The van der Waals surface area contributed by atoms with E-state index in [1.807, 2.05) is 6.92 Å². The summed E-state index contributed by atoms with van der Waals surface area (Å²) in [5.41, 5.74) is 0. The monoisotopic (exact) mass is 287 g/mol. The fourth-order valence-electron chi connectivity index (χ4n) is 1.47. The van der Waals surface area contributed by atoms with Crippen molar-refractivity contribution in [3.8, 4) is 0 Å². The lowest BCUT2D eigenvalue weighted by atomic mass is 10.3. The van der Waals surface area contributed by atoms with E-state index in [4.69, 9.17) is 4.74 Å². The molecule has 1 aromatic rings. The highest BCUT2D eigenvalue weighted by Gasteiger charge is 2.18. The number of hydrogen-bond donors (Lipinski definition) is 2. The van der Waals surface area contributed by atoms with Crippen molar-refractivity contribution in [2.45, 2.75) is 33.2 Å². The van der Waals surface area contributed by atoms with E-state index in [0.717, 1.165) is 12.5 Å². The number of carbonyl (C=O) groups is 1. The number of anilines is 2. The second kappa shape index (κ2) is 7.62. The van der Waals surface area contributed by atoms with Gasteiger partial charge in [0.05, 0.1) is 6.61 Å². The molecule has 1 rings (SSSR count). The molecule has 112 valence electrons. The Kier molecular flexibility index (Phi) is 6.14. The Bertz CT molecular complexity index is 469. The van der Waals surface area contributed by atoms with Gasteiger partial charge in [-0.3, -0.25) is 0 Å².